The Balaban J connectivity index is 0.000000187. The molecule has 4 nitrogen and oxygen atoms in total. The third-order valence-electron chi connectivity index (χ3n) is 2.76. The smallest absolute Gasteiger partial charge is 0.102 e. The lowest BCUT2D eigenvalue weighted by molar-refractivity contribution is 1.09. The molecule has 3 aromatic heterocycles. The first-order valence-corrected chi connectivity index (χ1v) is 5.98. The second-order valence-electron chi connectivity index (χ2n) is 3.99. The molecule has 3 heterocycles. The summed E-state index contributed by atoms with van der Waals surface area (Å²) in [4.78, 5) is 7.08. The van der Waals surface area contributed by atoms with Gasteiger partial charge >= 0.3 is 0 Å². The number of hydrogen-bond donors (Lipinski definition) is 1. The topological polar surface area (TPSA) is 54.5 Å². The minimum absolute atomic E-state index is 0.907. The van der Waals surface area contributed by atoms with Crippen molar-refractivity contribution >= 4 is 21.8 Å². The number of H-pyrrole nitrogens is 1. The molecular weight excluding hydrogens is 236 g/mol. The van der Waals surface area contributed by atoms with Crippen molar-refractivity contribution in [3.8, 4) is 0 Å². The maximum absolute atomic E-state index is 4.22. The van der Waals surface area contributed by atoms with Gasteiger partial charge in [-0.2, -0.15) is 5.10 Å². The lowest BCUT2D eigenvalue weighted by atomic mass is 10.2. The number of aromatic nitrogens is 4. The van der Waals surface area contributed by atoms with Crippen molar-refractivity contribution in [2.45, 2.75) is 0 Å². The van der Waals surface area contributed by atoms with Gasteiger partial charge in [-0.15, -0.1) is 5.10 Å². The van der Waals surface area contributed by atoms with Crippen LogP contribution in [0.1, 0.15) is 0 Å². The van der Waals surface area contributed by atoms with Gasteiger partial charge in [-0.05, 0) is 30.3 Å². The summed E-state index contributed by atoms with van der Waals surface area (Å²) in [6.07, 6.45) is 7.22. The summed E-state index contributed by atoms with van der Waals surface area (Å²) in [6, 6.07) is 13.8. The fourth-order valence-corrected chi connectivity index (χ4v) is 1.88. The van der Waals surface area contributed by atoms with Gasteiger partial charge < -0.3 is 4.98 Å². The maximum Gasteiger partial charge on any atom is 0.102 e. The first-order chi connectivity index (χ1) is 9.45. The minimum atomic E-state index is 0.907. The molecule has 92 valence electrons. The zero-order valence-corrected chi connectivity index (χ0v) is 10.2. The minimum Gasteiger partial charge on any atom is -0.368 e. The molecule has 0 spiro atoms. The van der Waals surface area contributed by atoms with Crippen LogP contribution in [-0.4, -0.2) is 20.2 Å². The van der Waals surface area contributed by atoms with E-state index in [4.69, 9.17) is 0 Å². The molecule has 0 amide bonds. The Morgan fingerprint density at radius 1 is 0.842 bits per heavy atom. The molecule has 4 aromatic rings. The monoisotopic (exact) mass is 248 g/mol. The van der Waals surface area contributed by atoms with Crippen LogP contribution in [0, 0.1) is 0 Å². The Morgan fingerprint density at radius 2 is 1.74 bits per heavy atom. The molecule has 0 aliphatic heterocycles. The molecule has 4 heteroatoms. The average Bonchev–Trinajstić information content (AvgIpc) is 3.09. The fourth-order valence-electron chi connectivity index (χ4n) is 1.88. The number of fused-ring (bicyclic) bond motifs is 3. The highest BCUT2D eigenvalue weighted by molar-refractivity contribution is 6.03. The number of nitrogens with zero attached hydrogens (tertiary/aromatic N) is 3. The summed E-state index contributed by atoms with van der Waals surface area (Å²) in [5, 5.41) is 10.2. The van der Waals surface area contributed by atoms with E-state index < -0.39 is 0 Å². The Hall–Kier alpha value is -2.75. The molecule has 0 unspecified atom stereocenters. The second kappa shape index (κ2) is 5.27. The molecule has 0 bridgehead atoms. The fraction of sp³-hybridized carbons (Fsp3) is 0. The molecule has 0 aliphatic rings. The third kappa shape index (κ3) is 2.42. The van der Waals surface area contributed by atoms with E-state index in [0.717, 1.165) is 21.8 Å². The number of benzene rings is 1. The van der Waals surface area contributed by atoms with Crippen molar-refractivity contribution in [2.75, 3.05) is 0 Å². The number of hydrogen-bond acceptors (Lipinski definition) is 3. The van der Waals surface area contributed by atoms with Gasteiger partial charge in [0.2, 0.25) is 0 Å². The van der Waals surface area contributed by atoms with Gasteiger partial charge in [-0.1, -0.05) is 12.1 Å². The van der Waals surface area contributed by atoms with Crippen LogP contribution in [-0.2, 0) is 0 Å². The molecule has 1 N–H and O–H groups in total. The van der Waals surface area contributed by atoms with Crippen molar-refractivity contribution in [2.24, 2.45) is 0 Å². The van der Waals surface area contributed by atoms with Crippen LogP contribution in [0.25, 0.3) is 21.8 Å². The number of rotatable bonds is 0. The van der Waals surface area contributed by atoms with Gasteiger partial charge in [0.05, 0.1) is 5.52 Å². The van der Waals surface area contributed by atoms with Crippen molar-refractivity contribution in [1.82, 2.24) is 20.2 Å². The summed E-state index contributed by atoms with van der Waals surface area (Å²) in [7, 11) is 0. The average molecular weight is 248 g/mol. The van der Waals surface area contributed by atoms with Gasteiger partial charge in [0.25, 0.3) is 0 Å². The third-order valence-corrected chi connectivity index (χ3v) is 2.76. The van der Waals surface area contributed by atoms with Crippen LogP contribution in [0.2, 0.25) is 0 Å². The molecule has 1 aromatic carbocycles. The normalized spacial score (nSPS) is 10.1. The lowest BCUT2D eigenvalue weighted by Crippen LogP contribution is -1.76. The first-order valence-electron chi connectivity index (χ1n) is 5.98. The molecule has 0 aliphatic carbocycles. The van der Waals surface area contributed by atoms with E-state index in [1.54, 1.807) is 12.4 Å². The Bertz CT molecular complexity index is 761. The summed E-state index contributed by atoms with van der Waals surface area (Å²) >= 11 is 0. The molecule has 19 heavy (non-hydrogen) atoms. The summed E-state index contributed by atoms with van der Waals surface area (Å²) < 4.78 is 0. The van der Waals surface area contributed by atoms with Crippen LogP contribution >= 0.6 is 0 Å². The van der Waals surface area contributed by atoms with E-state index in [-0.39, 0.29) is 0 Å². The SMILES string of the molecule is c1cc[nH]c1.c1cnnc2c(c1)ccc1nccc12. The van der Waals surface area contributed by atoms with Crippen molar-refractivity contribution < 1.29 is 0 Å². The van der Waals surface area contributed by atoms with Crippen molar-refractivity contribution in [3.63, 3.8) is 0 Å². The molecule has 0 saturated carbocycles. The predicted octanol–water partition coefficient (Wildman–Crippen LogP) is 3.19. The van der Waals surface area contributed by atoms with Crippen LogP contribution in [0.5, 0.6) is 0 Å². The van der Waals surface area contributed by atoms with Gasteiger partial charge in [0, 0.05) is 35.6 Å². The molecule has 0 radical (unpaired) electrons. The van der Waals surface area contributed by atoms with Crippen LogP contribution < -0.4 is 0 Å². The van der Waals surface area contributed by atoms with E-state index in [0.29, 0.717) is 0 Å². The van der Waals surface area contributed by atoms with Gasteiger partial charge in [0.1, 0.15) is 5.52 Å². The lowest BCUT2D eigenvalue weighted by Gasteiger charge is -1.91. The van der Waals surface area contributed by atoms with E-state index in [1.165, 1.54) is 0 Å². The summed E-state index contributed by atoms with van der Waals surface area (Å²) in [5.41, 5.74) is 1.88. The molecular formula is C15H12N4. The summed E-state index contributed by atoms with van der Waals surface area (Å²) in [5.74, 6) is 0. The Morgan fingerprint density at radius 3 is 2.53 bits per heavy atom. The largest absolute Gasteiger partial charge is 0.368 e. The van der Waals surface area contributed by atoms with Gasteiger partial charge in [0.15, 0.2) is 0 Å². The van der Waals surface area contributed by atoms with Crippen LogP contribution in [0.3, 0.4) is 0 Å². The maximum atomic E-state index is 4.22. The van der Waals surface area contributed by atoms with Gasteiger partial charge in [-0.3, -0.25) is 4.98 Å². The first kappa shape index (κ1) is 11.3. The summed E-state index contributed by atoms with van der Waals surface area (Å²) in [6.45, 7) is 0. The van der Waals surface area contributed by atoms with Crippen molar-refractivity contribution in [3.05, 3.63) is 67.3 Å². The quantitative estimate of drug-likeness (QED) is 0.520. The Labute approximate surface area is 110 Å². The second-order valence-corrected chi connectivity index (χ2v) is 3.99. The highest BCUT2D eigenvalue weighted by Gasteiger charge is 2.01. The van der Waals surface area contributed by atoms with Gasteiger partial charge in [-0.25, -0.2) is 0 Å². The Kier molecular flexibility index (Phi) is 3.14. The van der Waals surface area contributed by atoms with Crippen molar-refractivity contribution in [1.29, 1.82) is 0 Å². The molecule has 0 saturated heterocycles. The zero-order chi connectivity index (χ0) is 12.9. The molecule has 0 atom stereocenters. The number of nitrogens with one attached hydrogen (secondary N) is 1. The molecule has 0 fully saturated rings. The van der Waals surface area contributed by atoms with E-state index >= 15 is 0 Å². The van der Waals surface area contributed by atoms with Crippen LogP contribution in [0.4, 0.5) is 0 Å². The number of aromatic amines is 1. The predicted molar refractivity (Wildman–Crippen MR) is 75.6 cm³/mol. The zero-order valence-electron chi connectivity index (χ0n) is 10.2. The highest BCUT2D eigenvalue weighted by atomic mass is 15.1. The highest BCUT2D eigenvalue weighted by Crippen LogP contribution is 2.20. The van der Waals surface area contributed by atoms with E-state index in [2.05, 4.69) is 20.2 Å². The van der Waals surface area contributed by atoms with E-state index in [1.807, 2.05) is 54.9 Å². The van der Waals surface area contributed by atoms with Crippen LogP contribution in [0.15, 0.2) is 67.3 Å². The molecule has 4 rings (SSSR count). The van der Waals surface area contributed by atoms with E-state index in [9.17, 15) is 0 Å². The standard InChI is InChI=1S/C11H7N3.C4H5N/c1-2-8-3-4-10-9(5-7-12-10)11(8)14-13-6-1;1-2-4-5-3-1/h1-7H;1-5H.